The molecule has 1 aromatic heterocycles. The summed E-state index contributed by atoms with van der Waals surface area (Å²) in [5, 5.41) is 3.53. The minimum absolute atomic E-state index is 0.0328. The molecular formula is C18H23FN4S. The van der Waals surface area contributed by atoms with E-state index in [2.05, 4.69) is 27.0 Å². The number of anilines is 1. The number of aromatic nitrogens is 1. The molecule has 6 heteroatoms. The van der Waals surface area contributed by atoms with E-state index in [1.807, 2.05) is 32.4 Å². The van der Waals surface area contributed by atoms with Crippen molar-refractivity contribution in [1.82, 2.24) is 14.8 Å². The van der Waals surface area contributed by atoms with Crippen LogP contribution in [0.15, 0.2) is 48.8 Å². The topological polar surface area (TPSA) is 31.4 Å². The Hall–Kier alpha value is -2.05. The standard InChI is InChI=1S/C18H23FN4S/c1-14(15-7-6-10-20-13-15)23(12-11-22(2)3)18(24)21-17-9-5-4-8-16(17)19/h4-10,13-14H,11-12H2,1-3H3,(H,21,24)/t14-/m0/s1. The number of thiocarbonyl (C=S) groups is 1. The van der Waals surface area contributed by atoms with Crippen molar-refractivity contribution in [3.8, 4) is 0 Å². The predicted octanol–water partition coefficient (Wildman–Crippen LogP) is 3.54. The van der Waals surface area contributed by atoms with Gasteiger partial charge in [-0.15, -0.1) is 0 Å². The molecule has 0 bridgehead atoms. The zero-order valence-electron chi connectivity index (χ0n) is 14.2. The van der Waals surface area contributed by atoms with Gasteiger partial charge in [0.25, 0.3) is 0 Å². The van der Waals surface area contributed by atoms with Gasteiger partial charge < -0.3 is 15.1 Å². The van der Waals surface area contributed by atoms with Crippen LogP contribution in [0.4, 0.5) is 10.1 Å². The lowest BCUT2D eigenvalue weighted by Gasteiger charge is -2.33. The van der Waals surface area contributed by atoms with Gasteiger partial charge in [0.2, 0.25) is 0 Å². The molecule has 0 aliphatic carbocycles. The average Bonchev–Trinajstić information content (AvgIpc) is 2.57. The Balaban J connectivity index is 2.18. The number of halogens is 1. The van der Waals surface area contributed by atoms with Gasteiger partial charge in [-0.1, -0.05) is 18.2 Å². The summed E-state index contributed by atoms with van der Waals surface area (Å²) in [6.07, 6.45) is 3.58. The molecule has 1 N–H and O–H groups in total. The highest BCUT2D eigenvalue weighted by molar-refractivity contribution is 7.80. The van der Waals surface area contributed by atoms with Gasteiger partial charge in [0.15, 0.2) is 5.11 Å². The second kappa shape index (κ2) is 8.70. The number of nitrogens with zero attached hydrogens (tertiary/aromatic N) is 3. The fourth-order valence-electron chi connectivity index (χ4n) is 2.33. The fraction of sp³-hybridized carbons (Fsp3) is 0.333. The molecule has 0 amide bonds. The van der Waals surface area contributed by atoms with Gasteiger partial charge in [0, 0.05) is 25.5 Å². The first-order chi connectivity index (χ1) is 11.5. The first-order valence-electron chi connectivity index (χ1n) is 7.86. The third kappa shape index (κ3) is 4.97. The van der Waals surface area contributed by atoms with Gasteiger partial charge >= 0.3 is 0 Å². The van der Waals surface area contributed by atoms with E-state index in [0.29, 0.717) is 10.8 Å². The highest BCUT2D eigenvalue weighted by Gasteiger charge is 2.19. The number of benzene rings is 1. The van der Waals surface area contributed by atoms with Crippen molar-refractivity contribution < 1.29 is 4.39 Å². The Labute approximate surface area is 148 Å². The molecular weight excluding hydrogens is 323 g/mol. The second-order valence-electron chi connectivity index (χ2n) is 5.87. The number of pyridine rings is 1. The second-order valence-corrected chi connectivity index (χ2v) is 6.26. The maximum absolute atomic E-state index is 13.9. The summed E-state index contributed by atoms with van der Waals surface area (Å²) < 4.78 is 13.9. The zero-order chi connectivity index (χ0) is 17.5. The largest absolute Gasteiger partial charge is 0.341 e. The lowest BCUT2D eigenvalue weighted by atomic mass is 10.1. The maximum Gasteiger partial charge on any atom is 0.174 e. The van der Waals surface area contributed by atoms with Gasteiger partial charge in [-0.3, -0.25) is 4.98 Å². The van der Waals surface area contributed by atoms with Crippen LogP contribution in [-0.4, -0.2) is 47.1 Å². The summed E-state index contributed by atoms with van der Waals surface area (Å²) in [5.74, 6) is -0.318. The van der Waals surface area contributed by atoms with Crippen molar-refractivity contribution in [2.45, 2.75) is 13.0 Å². The maximum atomic E-state index is 13.9. The van der Waals surface area contributed by atoms with Crippen molar-refractivity contribution in [3.63, 3.8) is 0 Å². The van der Waals surface area contributed by atoms with Gasteiger partial charge in [0.1, 0.15) is 5.82 Å². The molecule has 0 aliphatic rings. The van der Waals surface area contributed by atoms with Crippen LogP contribution in [-0.2, 0) is 0 Å². The van der Waals surface area contributed by atoms with Crippen LogP contribution in [0.3, 0.4) is 0 Å². The van der Waals surface area contributed by atoms with Gasteiger partial charge in [-0.2, -0.15) is 0 Å². The Bertz CT molecular complexity index is 663. The first-order valence-corrected chi connectivity index (χ1v) is 8.26. The molecule has 0 saturated carbocycles. The quantitative estimate of drug-likeness (QED) is 0.809. The van der Waals surface area contributed by atoms with Crippen LogP contribution in [0.1, 0.15) is 18.5 Å². The minimum atomic E-state index is -0.318. The van der Waals surface area contributed by atoms with E-state index < -0.39 is 0 Å². The van der Waals surface area contributed by atoms with Crippen LogP contribution in [0, 0.1) is 5.82 Å². The normalized spacial score (nSPS) is 12.0. The molecule has 24 heavy (non-hydrogen) atoms. The van der Waals surface area contributed by atoms with E-state index in [9.17, 15) is 4.39 Å². The van der Waals surface area contributed by atoms with Gasteiger partial charge in [0.05, 0.1) is 11.7 Å². The van der Waals surface area contributed by atoms with Crippen LogP contribution < -0.4 is 5.32 Å². The summed E-state index contributed by atoms with van der Waals surface area (Å²) >= 11 is 5.55. The molecule has 2 rings (SSSR count). The molecule has 2 aromatic rings. The summed E-state index contributed by atoms with van der Waals surface area (Å²) in [7, 11) is 4.03. The third-order valence-electron chi connectivity index (χ3n) is 3.80. The van der Waals surface area contributed by atoms with E-state index in [0.717, 1.165) is 18.7 Å². The molecule has 0 saturated heterocycles. The van der Waals surface area contributed by atoms with Crippen molar-refractivity contribution in [2.75, 3.05) is 32.5 Å². The monoisotopic (exact) mass is 346 g/mol. The molecule has 0 fully saturated rings. The minimum Gasteiger partial charge on any atom is -0.341 e. The summed E-state index contributed by atoms with van der Waals surface area (Å²) in [5.41, 5.74) is 1.45. The Kier molecular flexibility index (Phi) is 6.63. The van der Waals surface area contributed by atoms with Crippen LogP contribution in [0.25, 0.3) is 0 Å². The average molecular weight is 346 g/mol. The Morgan fingerprint density at radius 1 is 1.21 bits per heavy atom. The van der Waals surface area contributed by atoms with Crippen LogP contribution in [0.2, 0.25) is 0 Å². The lowest BCUT2D eigenvalue weighted by molar-refractivity contribution is 0.289. The summed E-state index contributed by atoms with van der Waals surface area (Å²) in [4.78, 5) is 8.33. The molecule has 0 unspecified atom stereocenters. The van der Waals surface area contributed by atoms with Gasteiger partial charge in [-0.25, -0.2) is 4.39 Å². The molecule has 128 valence electrons. The van der Waals surface area contributed by atoms with E-state index >= 15 is 0 Å². The van der Waals surface area contributed by atoms with Crippen molar-refractivity contribution in [3.05, 3.63) is 60.2 Å². The molecule has 1 atom stereocenters. The fourth-order valence-corrected chi connectivity index (χ4v) is 2.69. The summed E-state index contributed by atoms with van der Waals surface area (Å²) in [6, 6.07) is 10.5. The Morgan fingerprint density at radius 2 is 1.96 bits per heavy atom. The van der Waals surface area contributed by atoms with Crippen molar-refractivity contribution in [1.29, 1.82) is 0 Å². The molecule has 1 heterocycles. The number of rotatable bonds is 6. The van der Waals surface area contributed by atoms with E-state index in [-0.39, 0.29) is 11.9 Å². The van der Waals surface area contributed by atoms with E-state index in [1.54, 1.807) is 24.4 Å². The third-order valence-corrected chi connectivity index (χ3v) is 4.14. The summed E-state index contributed by atoms with van der Waals surface area (Å²) in [6.45, 7) is 3.63. The van der Waals surface area contributed by atoms with Crippen molar-refractivity contribution in [2.24, 2.45) is 0 Å². The molecule has 0 radical (unpaired) electrons. The smallest absolute Gasteiger partial charge is 0.174 e. The number of likely N-dealkylation sites (N-methyl/N-ethyl adjacent to an activating group) is 1. The van der Waals surface area contributed by atoms with E-state index in [1.165, 1.54) is 6.07 Å². The van der Waals surface area contributed by atoms with Crippen LogP contribution in [0.5, 0.6) is 0 Å². The number of hydrogen-bond acceptors (Lipinski definition) is 3. The predicted molar refractivity (Wildman–Crippen MR) is 101 cm³/mol. The SMILES string of the molecule is C[C@@H](c1cccnc1)N(CCN(C)C)C(=S)Nc1ccccc1F. The Morgan fingerprint density at radius 3 is 2.58 bits per heavy atom. The highest BCUT2D eigenvalue weighted by atomic mass is 32.1. The molecule has 0 aliphatic heterocycles. The molecule has 0 spiro atoms. The number of hydrogen-bond donors (Lipinski definition) is 1. The molecule has 4 nitrogen and oxygen atoms in total. The number of para-hydroxylation sites is 1. The molecule has 1 aromatic carbocycles. The van der Waals surface area contributed by atoms with Gasteiger partial charge in [-0.05, 0) is 57.0 Å². The first kappa shape index (κ1) is 18.3. The number of nitrogens with one attached hydrogen (secondary N) is 1. The highest BCUT2D eigenvalue weighted by Crippen LogP contribution is 2.21. The van der Waals surface area contributed by atoms with Crippen molar-refractivity contribution >= 4 is 23.0 Å². The zero-order valence-corrected chi connectivity index (χ0v) is 15.1. The lowest BCUT2D eigenvalue weighted by Crippen LogP contribution is -2.41. The van der Waals surface area contributed by atoms with E-state index in [4.69, 9.17) is 12.2 Å². The van der Waals surface area contributed by atoms with Crippen LogP contribution >= 0.6 is 12.2 Å².